The SMILES string of the molecule is COc1ccccc1S(=O)(=O)Nc1cnn(CC(=O)O)c1. The van der Waals surface area contributed by atoms with Gasteiger partial charge in [0, 0.05) is 6.20 Å². The number of anilines is 1. The Labute approximate surface area is 121 Å². The molecule has 0 unspecified atom stereocenters. The lowest BCUT2D eigenvalue weighted by Crippen LogP contribution is -2.14. The summed E-state index contributed by atoms with van der Waals surface area (Å²) in [5.74, 6) is -0.861. The summed E-state index contributed by atoms with van der Waals surface area (Å²) in [6.45, 7) is -0.351. The van der Waals surface area contributed by atoms with Crippen LogP contribution in [0.25, 0.3) is 0 Å². The van der Waals surface area contributed by atoms with Gasteiger partial charge in [-0.3, -0.25) is 14.2 Å². The highest BCUT2D eigenvalue weighted by Gasteiger charge is 2.19. The van der Waals surface area contributed by atoms with Gasteiger partial charge in [-0.05, 0) is 12.1 Å². The molecular formula is C12H13N3O5S. The first kappa shape index (κ1) is 14.9. The number of nitrogens with one attached hydrogen (secondary N) is 1. The average molecular weight is 311 g/mol. The molecule has 0 aliphatic heterocycles. The molecule has 9 heteroatoms. The molecule has 0 fully saturated rings. The van der Waals surface area contributed by atoms with Crippen molar-refractivity contribution in [1.82, 2.24) is 9.78 Å². The summed E-state index contributed by atoms with van der Waals surface area (Å²) < 4.78 is 33.0. The van der Waals surface area contributed by atoms with E-state index in [2.05, 4.69) is 9.82 Å². The Morgan fingerprint density at radius 3 is 2.81 bits per heavy atom. The number of aliphatic carboxylic acids is 1. The summed E-state index contributed by atoms with van der Waals surface area (Å²) in [6, 6.07) is 6.17. The molecule has 2 N–H and O–H groups in total. The van der Waals surface area contributed by atoms with E-state index >= 15 is 0 Å². The third-order valence-corrected chi connectivity index (χ3v) is 3.96. The molecule has 1 heterocycles. The number of carbonyl (C=O) groups is 1. The van der Waals surface area contributed by atoms with Crippen molar-refractivity contribution in [3.05, 3.63) is 36.7 Å². The summed E-state index contributed by atoms with van der Waals surface area (Å²) in [7, 11) is -2.47. The van der Waals surface area contributed by atoms with Crippen molar-refractivity contribution < 1.29 is 23.1 Å². The van der Waals surface area contributed by atoms with Gasteiger partial charge in [-0.25, -0.2) is 8.42 Å². The minimum absolute atomic E-state index is 0.0153. The van der Waals surface area contributed by atoms with Crippen molar-refractivity contribution in [1.29, 1.82) is 0 Å². The zero-order chi connectivity index (χ0) is 15.5. The van der Waals surface area contributed by atoms with Gasteiger partial charge < -0.3 is 9.84 Å². The van der Waals surface area contributed by atoms with Crippen LogP contribution in [-0.4, -0.2) is 36.4 Å². The van der Waals surface area contributed by atoms with E-state index in [4.69, 9.17) is 9.84 Å². The minimum atomic E-state index is -3.85. The van der Waals surface area contributed by atoms with Crippen molar-refractivity contribution in [3.8, 4) is 5.75 Å². The van der Waals surface area contributed by atoms with Crippen LogP contribution >= 0.6 is 0 Å². The lowest BCUT2D eigenvalue weighted by molar-refractivity contribution is -0.137. The maximum absolute atomic E-state index is 12.3. The van der Waals surface area contributed by atoms with Crippen LogP contribution in [0.3, 0.4) is 0 Å². The van der Waals surface area contributed by atoms with Gasteiger partial charge in [0.05, 0.1) is 19.0 Å². The molecule has 1 aromatic carbocycles. The van der Waals surface area contributed by atoms with E-state index in [0.29, 0.717) is 0 Å². The van der Waals surface area contributed by atoms with Crippen molar-refractivity contribution in [2.75, 3.05) is 11.8 Å². The molecule has 0 radical (unpaired) electrons. The molecule has 0 amide bonds. The number of carboxylic acid groups (broad SMARTS) is 1. The number of ether oxygens (including phenoxy) is 1. The fourth-order valence-corrected chi connectivity index (χ4v) is 2.89. The van der Waals surface area contributed by atoms with Crippen molar-refractivity contribution in [3.63, 3.8) is 0 Å². The molecule has 1 aromatic heterocycles. The Morgan fingerprint density at radius 2 is 2.14 bits per heavy atom. The number of nitrogens with zero attached hydrogens (tertiary/aromatic N) is 2. The van der Waals surface area contributed by atoms with Crippen molar-refractivity contribution >= 4 is 21.7 Å². The van der Waals surface area contributed by atoms with Crippen LogP contribution in [0.4, 0.5) is 5.69 Å². The molecule has 21 heavy (non-hydrogen) atoms. The molecule has 0 bridgehead atoms. The second kappa shape index (κ2) is 5.83. The van der Waals surface area contributed by atoms with E-state index in [-0.39, 0.29) is 22.9 Å². The standard InChI is InChI=1S/C12H13N3O5S/c1-20-10-4-2-3-5-11(10)21(18,19)14-9-6-13-15(7-9)8-12(16)17/h2-7,14H,8H2,1H3,(H,16,17). The number of para-hydroxylation sites is 1. The Morgan fingerprint density at radius 1 is 1.43 bits per heavy atom. The van der Waals surface area contributed by atoms with Crippen LogP contribution in [0.5, 0.6) is 5.75 Å². The molecule has 0 aliphatic rings. The predicted octanol–water partition coefficient (Wildman–Crippen LogP) is 0.777. The first-order valence-electron chi connectivity index (χ1n) is 5.82. The minimum Gasteiger partial charge on any atom is -0.495 e. The summed E-state index contributed by atoms with van der Waals surface area (Å²) in [5.41, 5.74) is 0.169. The Hall–Kier alpha value is -2.55. The highest BCUT2D eigenvalue weighted by Crippen LogP contribution is 2.24. The lowest BCUT2D eigenvalue weighted by atomic mass is 10.3. The summed E-state index contributed by atoms with van der Waals surface area (Å²) in [5, 5.41) is 12.4. The number of rotatable bonds is 6. The first-order valence-corrected chi connectivity index (χ1v) is 7.31. The molecule has 0 saturated heterocycles. The quantitative estimate of drug-likeness (QED) is 0.815. The van der Waals surface area contributed by atoms with E-state index < -0.39 is 16.0 Å². The molecule has 8 nitrogen and oxygen atoms in total. The van der Waals surface area contributed by atoms with Gasteiger partial charge in [0.2, 0.25) is 0 Å². The molecule has 0 saturated carbocycles. The molecule has 0 aliphatic carbocycles. The normalized spacial score (nSPS) is 11.1. The number of carboxylic acids is 1. The van der Waals surface area contributed by atoms with Crippen molar-refractivity contribution in [2.24, 2.45) is 0 Å². The second-order valence-electron chi connectivity index (χ2n) is 4.08. The highest BCUT2D eigenvalue weighted by molar-refractivity contribution is 7.92. The number of aromatic nitrogens is 2. The number of hydrogen-bond donors (Lipinski definition) is 2. The molecule has 0 atom stereocenters. The summed E-state index contributed by atoms with van der Waals surface area (Å²) in [6.07, 6.45) is 2.52. The van der Waals surface area contributed by atoms with Gasteiger partial charge in [-0.1, -0.05) is 12.1 Å². The molecule has 2 rings (SSSR count). The van der Waals surface area contributed by atoms with Crippen molar-refractivity contribution in [2.45, 2.75) is 11.4 Å². The molecule has 112 valence electrons. The Kier molecular flexibility index (Phi) is 4.13. The second-order valence-corrected chi connectivity index (χ2v) is 5.73. The van der Waals surface area contributed by atoms with Crippen LogP contribution < -0.4 is 9.46 Å². The Balaban J connectivity index is 2.25. The fraction of sp³-hybridized carbons (Fsp3) is 0.167. The van der Waals surface area contributed by atoms with E-state index in [1.54, 1.807) is 12.1 Å². The van der Waals surface area contributed by atoms with Crippen LogP contribution in [0.1, 0.15) is 0 Å². The summed E-state index contributed by atoms with van der Waals surface area (Å²) in [4.78, 5) is 10.5. The number of methoxy groups -OCH3 is 1. The lowest BCUT2D eigenvalue weighted by Gasteiger charge is -2.09. The maximum atomic E-state index is 12.3. The van der Waals surface area contributed by atoms with Crippen LogP contribution in [0, 0.1) is 0 Å². The van der Waals surface area contributed by atoms with Gasteiger partial charge >= 0.3 is 5.97 Å². The van der Waals surface area contributed by atoms with Gasteiger partial charge in [0.1, 0.15) is 17.2 Å². The number of hydrogen-bond acceptors (Lipinski definition) is 5. The van der Waals surface area contributed by atoms with E-state index in [9.17, 15) is 13.2 Å². The number of sulfonamides is 1. The third-order valence-electron chi connectivity index (χ3n) is 2.54. The zero-order valence-electron chi connectivity index (χ0n) is 11.1. The maximum Gasteiger partial charge on any atom is 0.325 e. The predicted molar refractivity (Wildman–Crippen MR) is 73.7 cm³/mol. The highest BCUT2D eigenvalue weighted by atomic mass is 32.2. The third kappa shape index (κ3) is 3.51. The topological polar surface area (TPSA) is 111 Å². The molecule has 2 aromatic rings. The molecular weight excluding hydrogens is 298 g/mol. The van der Waals surface area contributed by atoms with E-state index in [1.807, 2.05) is 0 Å². The largest absolute Gasteiger partial charge is 0.495 e. The van der Waals surface area contributed by atoms with Crippen LogP contribution in [-0.2, 0) is 21.4 Å². The smallest absolute Gasteiger partial charge is 0.325 e. The average Bonchev–Trinajstić information content (AvgIpc) is 2.84. The van der Waals surface area contributed by atoms with Gasteiger partial charge in [-0.15, -0.1) is 0 Å². The van der Waals surface area contributed by atoms with E-state index in [0.717, 1.165) is 4.68 Å². The van der Waals surface area contributed by atoms with Crippen LogP contribution in [0.15, 0.2) is 41.6 Å². The van der Waals surface area contributed by atoms with E-state index in [1.165, 1.54) is 31.6 Å². The number of benzene rings is 1. The van der Waals surface area contributed by atoms with Gasteiger partial charge in [-0.2, -0.15) is 5.10 Å². The monoisotopic (exact) mass is 311 g/mol. The van der Waals surface area contributed by atoms with Crippen LogP contribution in [0.2, 0.25) is 0 Å². The summed E-state index contributed by atoms with van der Waals surface area (Å²) >= 11 is 0. The van der Waals surface area contributed by atoms with Gasteiger partial charge in [0.25, 0.3) is 10.0 Å². The fourth-order valence-electron chi connectivity index (χ4n) is 1.69. The molecule has 0 spiro atoms. The van der Waals surface area contributed by atoms with Gasteiger partial charge in [0.15, 0.2) is 0 Å². The Bertz CT molecular complexity index is 754. The zero-order valence-corrected chi connectivity index (χ0v) is 11.9. The first-order chi connectivity index (χ1) is 9.92.